The predicted molar refractivity (Wildman–Crippen MR) is 68.2 cm³/mol. The molecule has 0 unspecified atom stereocenters. The molecular weight excluding hydrogens is 230 g/mol. The fourth-order valence-electron chi connectivity index (χ4n) is 1.96. The summed E-state index contributed by atoms with van der Waals surface area (Å²) in [5.41, 5.74) is 2.94. The highest BCUT2D eigenvalue weighted by molar-refractivity contribution is 5.78. The van der Waals surface area contributed by atoms with Gasteiger partial charge in [0.05, 0.1) is 12.6 Å². The number of hydrogen-bond donors (Lipinski definition) is 0. The average molecular weight is 247 g/mol. The van der Waals surface area contributed by atoms with E-state index < -0.39 is 0 Å². The Morgan fingerprint density at radius 1 is 1.39 bits per heavy atom. The number of aromatic nitrogens is 2. The molecule has 0 aliphatic carbocycles. The molecule has 0 aromatic carbocycles. The maximum Gasteiger partial charge on any atom is 0.289 e. The zero-order valence-corrected chi connectivity index (χ0v) is 11.1. The SMILES string of the molecule is Cc1ccc2n(c1)c(CC(=O)N(C)C)c(C)[n+]2[O-]. The van der Waals surface area contributed by atoms with Crippen LogP contribution >= 0.6 is 0 Å². The second kappa shape index (κ2) is 4.33. The van der Waals surface area contributed by atoms with Crippen LogP contribution in [0.25, 0.3) is 5.65 Å². The lowest BCUT2D eigenvalue weighted by molar-refractivity contribution is -0.583. The van der Waals surface area contributed by atoms with Crippen LogP contribution in [0.1, 0.15) is 17.0 Å². The summed E-state index contributed by atoms with van der Waals surface area (Å²) in [6.45, 7) is 3.70. The molecule has 0 spiro atoms. The van der Waals surface area contributed by atoms with Crippen LogP contribution in [0.5, 0.6) is 0 Å². The highest BCUT2D eigenvalue weighted by Crippen LogP contribution is 2.12. The van der Waals surface area contributed by atoms with E-state index in [4.69, 9.17) is 0 Å². The number of aryl methyl sites for hydroxylation is 1. The van der Waals surface area contributed by atoms with Crippen LogP contribution in [0.2, 0.25) is 0 Å². The molecular formula is C13H17N3O2. The van der Waals surface area contributed by atoms with Crippen molar-refractivity contribution < 1.29 is 9.52 Å². The Hall–Kier alpha value is -2.04. The van der Waals surface area contributed by atoms with Gasteiger partial charge in [0.2, 0.25) is 5.91 Å². The van der Waals surface area contributed by atoms with Gasteiger partial charge < -0.3 is 10.1 Å². The molecule has 5 heteroatoms. The second-order valence-electron chi connectivity index (χ2n) is 4.73. The molecule has 5 nitrogen and oxygen atoms in total. The molecule has 0 saturated heterocycles. The van der Waals surface area contributed by atoms with E-state index in [0.717, 1.165) is 16.0 Å². The average Bonchev–Trinajstić information content (AvgIpc) is 2.54. The van der Waals surface area contributed by atoms with Gasteiger partial charge in [-0.05, 0) is 18.6 Å². The molecule has 0 saturated carbocycles. The van der Waals surface area contributed by atoms with Crippen LogP contribution in [0.3, 0.4) is 0 Å². The largest absolute Gasteiger partial charge is 0.710 e. The van der Waals surface area contributed by atoms with Crippen LogP contribution in [-0.4, -0.2) is 29.3 Å². The number of likely N-dealkylation sites (N-methyl/N-ethyl adjacent to an activating group) is 1. The Morgan fingerprint density at radius 3 is 2.67 bits per heavy atom. The van der Waals surface area contributed by atoms with E-state index in [2.05, 4.69) is 0 Å². The molecule has 0 bridgehead atoms. The number of hydrogen-bond acceptors (Lipinski definition) is 2. The van der Waals surface area contributed by atoms with Crippen LogP contribution in [-0.2, 0) is 11.2 Å². The zero-order chi connectivity index (χ0) is 13.4. The fourth-order valence-corrected chi connectivity index (χ4v) is 1.96. The molecule has 1 amide bonds. The summed E-state index contributed by atoms with van der Waals surface area (Å²) in [5.74, 6) is -0.0143. The van der Waals surface area contributed by atoms with Gasteiger partial charge in [-0.2, -0.15) is 4.40 Å². The van der Waals surface area contributed by atoms with Crippen molar-refractivity contribution in [3.8, 4) is 0 Å². The van der Waals surface area contributed by atoms with Crippen LogP contribution in [0.4, 0.5) is 0 Å². The number of rotatable bonds is 2. The van der Waals surface area contributed by atoms with E-state index in [1.165, 1.54) is 4.90 Å². The summed E-state index contributed by atoms with van der Waals surface area (Å²) in [4.78, 5) is 13.3. The first kappa shape index (κ1) is 12.4. The second-order valence-corrected chi connectivity index (χ2v) is 4.73. The Morgan fingerprint density at radius 2 is 2.06 bits per heavy atom. The normalized spacial score (nSPS) is 10.9. The third-order valence-electron chi connectivity index (χ3n) is 3.11. The predicted octanol–water partition coefficient (Wildman–Crippen LogP) is 0.820. The summed E-state index contributed by atoms with van der Waals surface area (Å²) >= 11 is 0. The first-order valence-electron chi connectivity index (χ1n) is 5.81. The van der Waals surface area contributed by atoms with Crippen molar-refractivity contribution in [1.82, 2.24) is 9.30 Å². The summed E-state index contributed by atoms with van der Waals surface area (Å²) in [7, 11) is 3.42. The molecule has 0 atom stereocenters. The van der Waals surface area contributed by atoms with Crippen LogP contribution in [0, 0.1) is 19.1 Å². The summed E-state index contributed by atoms with van der Waals surface area (Å²) in [6.07, 6.45) is 2.12. The lowest BCUT2D eigenvalue weighted by Gasteiger charge is -2.08. The van der Waals surface area contributed by atoms with Gasteiger partial charge in [0.25, 0.3) is 5.65 Å². The minimum atomic E-state index is -0.0143. The molecule has 96 valence electrons. The molecule has 0 radical (unpaired) electrons. The first-order chi connectivity index (χ1) is 8.41. The first-order valence-corrected chi connectivity index (χ1v) is 5.81. The van der Waals surface area contributed by atoms with Gasteiger partial charge in [-0.15, -0.1) is 0 Å². The molecule has 2 aromatic heterocycles. The quantitative estimate of drug-likeness (QED) is 0.583. The van der Waals surface area contributed by atoms with Crippen molar-refractivity contribution in [1.29, 1.82) is 0 Å². The number of imidazole rings is 1. The van der Waals surface area contributed by atoms with Crippen LogP contribution in [0.15, 0.2) is 18.3 Å². The lowest BCUT2D eigenvalue weighted by Crippen LogP contribution is -2.29. The van der Waals surface area contributed by atoms with Crippen molar-refractivity contribution in [2.75, 3.05) is 14.1 Å². The summed E-state index contributed by atoms with van der Waals surface area (Å²) < 4.78 is 2.68. The van der Waals surface area contributed by atoms with Gasteiger partial charge in [-0.3, -0.25) is 4.79 Å². The monoisotopic (exact) mass is 247 g/mol. The Kier molecular flexibility index (Phi) is 2.98. The van der Waals surface area contributed by atoms with E-state index >= 15 is 0 Å². The molecule has 0 fully saturated rings. The van der Waals surface area contributed by atoms with E-state index in [0.29, 0.717) is 11.3 Å². The molecule has 2 heterocycles. The topological polar surface area (TPSA) is 51.7 Å². The summed E-state index contributed by atoms with van der Waals surface area (Å²) in [6, 6.07) is 3.67. The van der Waals surface area contributed by atoms with Crippen molar-refractivity contribution in [3.05, 3.63) is 40.5 Å². The zero-order valence-electron chi connectivity index (χ0n) is 11.1. The molecule has 2 rings (SSSR count). The van der Waals surface area contributed by atoms with Crippen molar-refractivity contribution >= 4 is 11.6 Å². The van der Waals surface area contributed by atoms with Crippen molar-refractivity contribution in [3.63, 3.8) is 0 Å². The Bertz CT molecular complexity index is 614. The van der Waals surface area contributed by atoms with Crippen molar-refractivity contribution in [2.45, 2.75) is 20.3 Å². The Balaban J connectivity index is 2.59. The van der Waals surface area contributed by atoms with Gasteiger partial charge in [-0.1, -0.05) is 0 Å². The van der Waals surface area contributed by atoms with Gasteiger partial charge in [-0.25, -0.2) is 4.73 Å². The molecule has 18 heavy (non-hydrogen) atoms. The Labute approximate surface area is 106 Å². The third-order valence-corrected chi connectivity index (χ3v) is 3.11. The van der Waals surface area contributed by atoms with E-state index in [9.17, 15) is 10.0 Å². The minimum Gasteiger partial charge on any atom is -0.710 e. The van der Waals surface area contributed by atoms with Crippen molar-refractivity contribution in [2.24, 2.45) is 0 Å². The molecule has 0 aliphatic rings. The molecule has 2 aromatic rings. The smallest absolute Gasteiger partial charge is 0.289 e. The van der Waals surface area contributed by atoms with Crippen LogP contribution < -0.4 is 4.73 Å². The van der Waals surface area contributed by atoms with E-state index in [1.54, 1.807) is 31.5 Å². The standard InChI is InChI=1S/C13H17N3O2/c1-9-5-6-12-15(8-9)11(10(2)16(12)18)7-13(17)14(3)4/h5-6,8H,7H2,1-4H3. The number of pyridine rings is 1. The maximum absolute atomic E-state index is 12.0. The maximum atomic E-state index is 12.0. The number of nitrogens with zero attached hydrogens (tertiary/aromatic N) is 3. The number of carbonyl (C=O) groups excluding carboxylic acids is 1. The van der Waals surface area contributed by atoms with E-state index in [1.807, 2.05) is 19.2 Å². The molecule has 0 N–H and O–H groups in total. The number of amides is 1. The number of fused-ring (bicyclic) bond motifs is 1. The lowest BCUT2D eigenvalue weighted by atomic mass is 10.2. The highest BCUT2D eigenvalue weighted by atomic mass is 16.5. The van der Waals surface area contributed by atoms with Gasteiger partial charge in [0.15, 0.2) is 5.69 Å². The van der Waals surface area contributed by atoms with E-state index in [-0.39, 0.29) is 12.3 Å². The number of carbonyl (C=O) groups is 1. The van der Waals surface area contributed by atoms with Gasteiger partial charge in [0, 0.05) is 27.1 Å². The summed E-state index contributed by atoms with van der Waals surface area (Å²) in [5, 5.41) is 12.0. The fraction of sp³-hybridized carbons (Fsp3) is 0.385. The minimum absolute atomic E-state index is 0.0143. The third kappa shape index (κ3) is 1.92. The highest BCUT2D eigenvalue weighted by Gasteiger charge is 2.21. The van der Waals surface area contributed by atoms with Gasteiger partial charge >= 0.3 is 0 Å². The molecule has 0 aliphatic heterocycles. The van der Waals surface area contributed by atoms with Gasteiger partial charge in [0.1, 0.15) is 5.69 Å².